The normalized spacial score (nSPS) is 10.5. The van der Waals surface area contributed by atoms with Crippen molar-refractivity contribution < 1.29 is 4.92 Å². The Kier molecular flexibility index (Phi) is 2.50. The number of thiol groups is 1. The van der Waals surface area contributed by atoms with E-state index in [9.17, 15) is 10.1 Å². The second-order valence-electron chi connectivity index (χ2n) is 2.90. The largest absolute Gasteiger partial charge is 0.295 e. The Morgan fingerprint density at radius 3 is 2.87 bits per heavy atom. The zero-order valence-corrected chi connectivity index (χ0v) is 9.00. The molecule has 0 aliphatic heterocycles. The Balaban J connectivity index is 2.86. The molecule has 0 fully saturated rings. The highest BCUT2D eigenvalue weighted by Crippen LogP contribution is 2.28. The zero-order chi connectivity index (χ0) is 11.0. The third-order valence-electron chi connectivity index (χ3n) is 1.96. The van der Waals surface area contributed by atoms with E-state index in [2.05, 4.69) is 17.6 Å². The topological polar surface area (TPSA) is 56.0 Å². The number of hydrogen-bond acceptors (Lipinski definition) is 4. The maximum atomic E-state index is 10.7. The summed E-state index contributed by atoms with van der Waals surface area (Å²) in [5.41, 5.74) is 0.261. The van der Waals surface area contributed by atoms with E-state index in [-0.39, 0.29) is 5.69 Å². The number of halogens is 1. The van der Waals surface area contributed by atoms with Crippen LogP contribution in [0.1, 0.15) is 0 Å². The van der Waals surface area contributed by atoms with E-state index in [1.54, 1.807) is 18.2 Å². The predicted octanol–water partition coefficient (Wildman–Crippen LogP) is 3.09. The molecule has 0 amide bonds. The van der Waals surface area contributed by atoms with Gasteiger partial charge in [-0.25, -0.2) is 4.98 Å². The van der Waals surface area contributed by atoms with E-state index in [1.807, 2.05) is 0 Å². The van der Waals surface area contributed by atoms with Crippen molar-refractivity contribution in [1.82, 2.24) is 4.98 Å². The molecule has 1 aromatic heterocycles. The van der Waals surface area contributed by atoms with Crippen LogP contribution in [0.15, 0.2) is 29.3 Å². The van der Waals surface area contributed by atoms with Crippen molar-refractivity contribution in [1.29, 1.82) is 0 Å². The van der Waals surface area contributed by atoms with Gasteiger partial charge >= 0.3 is 0 Å². The second-order valence-corrected chi connectivity index (χ2v) is 3.73. The molecule has 0 unspecified atom stereocenters. The van der Waals surface area contributed by atoms with E-state index >= 15 is 0 Å². The lowest BCUT2D eigenvalue weighted by Gasteiger charge is -2.01. The maximum absolute atomic E-state index is 10.7. The molecule has 2 aromatic rings. The smallest absolute Gasteiger partial charge is 0.258 e. The highest BCUT2D eigenvalue weighted by atomic mass is 35.5. The number of para-hydroxylation sites is 1. The molecule has 0 saturated heterocycles. The lowest BCUT2D eigenvalue weighted by Crippen LogP contribution is -1.92. The maximum Gasteiger partial charge on any atom is 0.295 e. The fourth-order valence-corrected chi connectivity index (χ4v) is 1.62. The number of pyridine rings is 1. The molecule has 0 bridgehead atoms. The minimum absolute atomic E-state index is 0.0422. The summed E-state index contributed by atoms with van der Waals surface area (Å²) >= 11 is 9.83. The molecule has 0 spiro atoms. The highest BCUT2D eigenvalue weighted by Gasteiger charge is 2.13. The van der Waals surface area contributed by atoms with Crippen LogP contribution in [-0.2, 0) is 0 Å². The van der Waals surface area contributed by atoms with E-state index in [0.717, 1.165) is 0 Å². The molecular formula is C9H5ClN2O2S. The third-order valence-corrected chi connectivity index (χ3v) is 2.72. The van der Waals surface area contributed by atoms with Crippen LogP contribution in [0.5, 0.6) is 0 Å². The van der Waals surface area contributed by atoms with Crippen LogP contribution in [-0.4, -0.2) is 9.91 Å². The van der Waals surface area contributed by atoms with Gasteiger partial charge in [0.05, 0.1) is 9.95 Å². The number of nitro groups is 1. The molecule has 2 rings (SSSR count). The Hall–Kier alpha value is -1.33. The number of fused-ring (bicyclic) bond motifs is 1. The van der Waals surface area contributed by atoms with Gasteiger partial charge in [0, 0.05) is 11.5 Å². The first kappa shape index (κ1) is 10.2. The number of non-ortho nitro benzene ring substituents is 1. The molecule has 76 valence electrons. The minimum atomic E-state index is -0.476. The van der Waals surface area contributed by atoms with Gasteiger partial charge in [-0.2, -0.15) is 0 Å². The van der Waals surface area contributed by atoms with Crippen LogP contribution in [0.2, 0.25) is 5.02 Å². The zero-order valence-electron chi connectivity index (χ0n) is 7.35. The molecule has 0 aliphatic rings. The number of hydrogen-bond donors (Lipinski definition) is 1. The molecule has 1 heterocycles. The first-order valence-corrected chi connectivity index (χ1v) is 4.85. The van der Waals surface area contributed by atoms with Crippen molar-refractivity contribution in [2.75, 3.05) is 0 Å². The van der Waals surface area contributed by atoms with Crippen LogP contribution in [0.25, 0.3) is 10.9 Å². The van der Waals surface area contributed by atoms with Gasteiger partial charge in [0.1, 0.15) is 10.5 Å². The molecule has 0 radical (unpaired) electrons. The van der Waals surface area contributed by atoms with E-state index in [0.29, 0.717) is 21.0 Å². The molecule has 0 N–H and O–H groups in total. The van der Waals surface area contributed by atoms with Crippen molar-refractivity contribution >= 4 is 40.8 Å². The Morgan fingerprint density at radius 1 is 1.47 bits per heavy atom. The summed E-state index contributed by atoms with van der Waals surface area (Å²) < 4.78 is 0. The van der Waals surface area contributed by atoms with E-state index < -0.39 is 4.92 Å². The summed E-state index contributed by atoms with van der Waals surface area (Å²) in [5.74, 6) is 0. The third kappa shape index (κ3) is 1.75. The van der Waals surface area contributed by atoms with Gasteiger partial charge in [-0.1, -0.05) is 23.7 Å². The summed E-state index contributed by atoms with van der Waals surface area (Å²) in [5, 5.41) is 12.0. The van der Waals surface area contributed by atoms with Crippen LogP contribution in [0.4, 0.5) is 5.69 Å². The number of nitrogens with zero attached hydrogens (tertiary/aromatic N) is 2. The molecule has 6 heteroatoms. The monoisotopic (exact) mass is 240 g/mol. The van der Waals surface area contributed by atoms with Gasteiger partial charge in [0.2, 0.25) is 0 Å². The van der Waals surface area contributed by atoms with E-state index in [4.69, 9.17) is 11.6 Å². The van der Waals surface area contributed by atoms with Crippen molar-refractivity contribution in [3.63, 3.8) is 0 Å². The molecule has 15 heavy (non-hydrogen) atoms. The first-order valence-electron chi connectivity index (χ1n) is 4.02. The quantitative estimate of drug-likeness (QED) is 0.473. The highest BCUT2D eigenvalue weighted by molar-refractivity contribution is 7.80. The fraction of sp³-hybridized carbons (Fsp3) is 0. The summed E-state index contributed by atoms with van der Waals surface area (Å²) in [6, 6.07) is 6.32. The molecule has 4 nitrogen and oxygen atoms in total. The summed E-state index contributed by atoms with van der Waals surface area (Å²) in [4.78, 5) is 14.2. The number of aromatic nitrogens is 1. The lowest BCUT2D eigenvalue weighted by molar-refractivity contribution is -0.383. The Bertz CT molecular complexity index is 559. The minimum Gasteiger partial charge on any atom is -0.258 e. The number of nitro benzene ring substituents is 1. The molecule has 0 atom stereocenters. The van der Waals surface area contributed by atoms with Gasteiger partial charge < -0.3 is 0 Å². The second kappa shape index (κ2) is 3.67. The van der Waals surface area contributed by atoms with Gasteiger partial charge in [-0.15, -0.1) is 12.6 Å². The van der Waals surface area contributed by atoms with Crippen molar-refractivity contribution in [3.05, 3.63) is 39.4 Å². The molecular weight excluding hydrogens is 236 g/mol. The summed E-state index contributed by atoms with van der Waals surface area (Å²) in [6.45, 7) is 0. The standard InChI is InChI=1S/C9H5ClN2O2S/c10-6-4-5-2-1-3-7(12(13)14)8(5)11-9(6)15/h1-4H,(H,11,15). The number of benzene rings is 1. The van der Waals surface area contributed by atoms with Crippen molar-refractivity contribution in [2.24, 2.45) is 0 Å². The summed E-state index contributed by atoms with van der Waals surface area (Å²) in [6.07, 6.45) is 0. The fourth-order valence-electron chi connectivity index (χ4n) is 1.29. The molecule has 0 aliphatic carbocycles. The number of rotatable bonds is 1. The SMILES string of the molecule is O=[N+]([O-])c1cccc2cc(Cl)c(S)nc12. The van der Waals surface area contributed by atoms with Crippen molar-refractivity contribution in [2.45, 2.75) is 5.03 Å². The molecule has 1 aromatic carbocycles. The van der Waals surface area contributed by atoms with Gasteiger partial charge in [-0.05, 0) is 6.07 Å². The van der Waals surface area contributed by atoms with Gasteiger partial charge in [-0.3, -0.25) is 10.1 Å². The first-order chi connectivity index (χ1) is 7.09. The van der Waals surface area contributed by atoms with Crippen LogP contribution < -0.4 is 0 Å². The van der Waals surface area contributed by atoms with Crippen molar-refractivity contribution in [3.8, 4) is 0 Å². The summed E-state index contributed by atoms with van der Waals surface area (Å²) in [7, 11) is 0. The Morgan fingerprint density at radius 2 is 2.20 bits per heavy atom. The van der Waals surface area contributed by atoms with Crippen LogP contribution in [0.3, 0.4) is 0 Å². The van der Waals surface area contributed by atoms with E-state index in [1.165, 1.54) is 6.07 Å². The molecule has 0 saturated carbocycles. The lowest BCUT2D eigenvalue weighted by atomic mass is 10.2. The average molecular weight is 241 g/mol. The Labute approximate surface area is 95.4 Å². The van der Waals surface area contributed by atoms with Crippen LogP contribution in [0, 0.1) is 10.1 Å². The predicted molar refractivity (Wildman–Crippen MR) is 60.7 cm³/mol. The van der Waals surface area contributed by atoms with Crippen LogP contribution >= 0.6 is 24.2 Å². The van der Waals surface area contributed by atoms with Gasteiger partial charge in [0.15, 0.2) is 0 Å². The van der Waals surface area contributed by atoms with Gasteiger partial charge in [0.25, 0.3) is 5.69 Å². The average Bonchev–Trinajstić information content (AvgIpc) is 2.18.